The molecule has 0 amide bonds. The van der Waals surface area contributed by atoms with Crippen molar-refractivity contribution in [2.24, 2.45) is 7.05 Å². The molecule has 0 fully saturated rings. The van der Waals surface area contributed by atoms with E-state index in [2.05, 4.69) is 15.4 Å². The highest BCUT2D eigenvalue weighted by molar-refractivity contribution is 6.30. The Morgan fingerprint density at radius 1 is 1.36 bits per heavy atom. The lowest BCUT2D eigenvalue weighted by Gasteiger charge is -2.00. The summed E-state index contributed by atoms with van der Waals surface area (Å²) >= 11 is 5.71. The van der Waals surface area contributed by atoms with Gasteiger partial charge in [-0.1, -0.05) is 11.6 Å². The van der Waals surface area contributed by atoms with Gasteiger partial charge in [0.05, 0.1) is 16.9 Å². The molecule has 0 saturated heterocycles. The molecule has 0 aliphatic carbocycles. The van der Waals surface area contributed by atoms with Crippen LogP contribution in [0.3, 0.4) is 0 Å². The van der Waals surface area contributed by atoms with Gasteiger partial charge in [0.2, 0.25) is 0 Å². The van der Waals surface area contributed by atoms with E-state index in [1.54, 1.807) is 23.1 Å². The van der Waals surface area contributed by atoms with Crippen LogP contribution in [0.25, 0.3) is 0 Å². The Balaban J connectivity index is 2.15. The summed E-state index contributed by atoms with van der Waals surface area (Å²) in [6.45, 7) is 0. The molecule has 0 atom stereocenters. The summed E-state index contributed by atoms with van der Waals surface area (Å²) in [5.41, 5.74) is 0.905. The van der Waals surface area contributed by atoms with E-state index in [0.717, 1.165) is 11.5 Å². The molecule has 0 aliphatic rings. The van der Waals surface area contributed by atoms with Gasteiger partial charge in [-0.05, 0) is 12.1 Å². The minimum Gasteiger partial charge on any atom is -0.338 e. The molecule has 1 N–H and O–H groups in total. The highest BCUT2D eigenvalue weighted by Gasteiger charge is 1.97. The smallest absolute Gasteiger partial charge is 0.130 e. The van der Waals surface area contributed by atoms with Gasteiger partial charge in [0.25, 0.3) is 0 Å². The summed E-state index contributed by atoms with van der Waals surface area (Å²) in [6, 6.07) is 3.60. The standard InChI is InChI=1S/C9H9ClN4/c1-14-6-8(5-12-14)13-9-3-2-7(10)4-11-9/h2-6H,1H3,(H,11,13). The van der Waals surface area contributed by atoms with Crippen molar-refractivity contribution >= 4 is 23.1 Å². The van der Waals surface area contributed by atoms with Crippen molar-refractivity contribution in [3.05, 3.63) is 35.7 Å². The molecule has 14 heavy (non-hydrogen) atoms. The largest absolute Gasteiger partial charge is 0.338 e. The first-order valence-corrected chi connectivity index (χ1v) is 4.49. The maximum Gasteiger partial charge on any atom is 0.130 e. The normalized spacial score (nSPS) is 10.1. The van der Waals surface area contributed by atoms with Crippen molar-refractivity contribution in [3.8, 4) is 0 Å². The number of aryl methyl sites for hydroxylation is 1. The van der Waals surface area contributed by atoms with E-state index in [1.165, 1.54) is 0 Å². The summed E-state index contributed by atoms with van der Waals surface area (Å²) in [4.78, 5) is 4.10. The number of rotatable bonds is 2. The molecular weight excluding hydrogens is 200 g/mol. The highest BCUT2D eigenvalue weighted by Crippen LogP contribution is 2.14. The summed E-state index contributed by atoms with van der Waals surface area (Å²) in [6.07, 6.45) is 5.20. The topological polar surface area (TPSA) is 42.7 Å². The number of aromatic nitrogens is 3. The summed E-state index contributed by atoms with van der Waals surface area (Å²) in [5, 5.41) is 7.76. The zero-order valence-electron chi connectivity index (χ0n) is 7.61. The Kier molecular flexibility index (Phi) is 2.37. The molecule has 0 radical (unpaired) electrons. The van der Waals surface area contributed by atoms with Gasteiger partial charge in [-0.3, -0.25) is 4.68 Å². The Bertz CT molecular complexity index is 421. The van der Waals surface area contributed by atoms with Gasteiger partial charge >= 0.3 is 0 Å². The molecule has 2 rings (SSSR count). The molecular formula is C9H9ClN4. The second-order valence-electron chi connectivity index (χ2n) is 2.89. The van der Waals surface area contributed by atoms with Crippen molar-refractivity contribution in [1.82, 2.24) is 14.8 Å². The van der Waals surface area contributed by atoms with Crippen LogP contribution in [0.2, 0.25) is 5.02 Å². The van der Waals surface area contributed by atoms with Crippen LogP contribution in [-0.4, -0.2) is 14.8 Å². The quantitative estimate of drug-likeness (QED) is 0.823. The number of hydrogen-bond acceptors (Lipinski definition) is 3. The van der Waals surface area contributed by atoms with Crippen LogP contribution < -0.4 is 5.32 Å². The van der Waals surface area contributed by atoms with Gasteiger partial charge < -0.3 is 5.32 Å². The van der Waals surface area contributed by atoms with Crippen LogP contribution in [0, 0.1) is 0 Å². The molecule has 0 bridgehead atoms. The fourth-order valence-corrected chi connectivity index (χ4v) is 1.20. The summed E-state index contributed by atoms with van der Waals surface area (Å²) in [5.74, 6) is 0.752. The average Bonchev–Trinajstić information content (AvgIpc) is 2.56. The maximum absolute atomic E-state index is 5.71. The fraction of sp³-hybridized carbons (Fsp3) is 0.111. The van der Waals surface area contributed by atoms with Crippen LogP contribution >= 0.6 is 11.6 Å². The van der Waals surface area contributed by atoms with Crippen molar-refractivity contribution in [3.63, 3.8) is 0 Å². The van der Waals surface area contributed by atoms with Gasteiger partial charge in [0.15, 0.2) is 0 Å². The number of nitrogens with one attached hydrogen (secondary N) is 1. The summed E-state index contributed by atoms with van der Waals surface area (Å²) in [7, 11) is 1.86. The Morgan fingerprint density at radius 3 is 2.79 bits per heavy atom. The maximum atomic E-state index is 5.71. The second kappa shape index (κ2) is 3.67. The van der Waals surface area contributed by atoms with Gasteiger partial charge in [-0.15, -0.1) is 0 Å². The molecule has 0 unspecified atom stereocenters. The van der Waals surface area contributed by atoms with Gasteiger partial charge in [-0.25, -0.2) is 4.98 Å². The van der Waals surface area contributed by atoms with E-state index < -0.39 is 0 Å². The SMILES string of the molecule is Cn1cc(Nc2ccc(Cl)cn2)cn1. The molecule has 2 aromatic heterocycles. The van der Waals surface area contributed by atoms with Crippen LogP contribution in [0.4, 0.5) is 11.5 Å². The number of pyridine rings is 1. The molecule has 0 aromatic carbocycles. The zero-order chi connectivity index (χ0) is 9.97. The first-order valence-electron chi connectivity index (χ1n) is 4.11. The van der Waals surface area contributed by atoms with Crippen LogP contribution in [0.1, 0.15) is 0 Å². The third-order valence-corrected chi connectivity index (χ3v) is 1.93. The monoisotopic (exact) mass is 208 g/mol. The molecule has 5 heteroatoms. The Morgan fingerprint density at radius 2 is 2.21 bits per heavy atom. The second-order valence-corrected chi connectivity index (χ2v) is 3.33. The summed E-state index contributed by atoms with van der Waals surface area (Å²) < 4.78 is 1.72. The molecule has 2 heterocycles. The van der Waals surface area contributed by atoms with Crippen molar-refractivity contribution in [2.45, 2.75) is 0 Å². The van der Waals surface area contributed by atoms with E-state index >= 15 is 0 Å². The van der Waals surface area contributed by atoms with Crippen molar-refractivity contribution in [2.75, 3.05) is 5.32 Å². The minimum absolute atomic E-state index is 0.627. The lowest BCUT2D eigenvalue weighted by Crippen LogP contribution is -1.91. The fourth-order valence-electron chi connectivity index (χ4n) is 1.08. The zero-order valence-corrected chi connectivity index (χ0v) is 8.36. The first kappa shape index (κ1) is 9.02. The van der Waals surface area contributed by atoms with E-state index in [-0.39, 0.29) is 0 Å². The van der Waals surface area contributed by atoms with E-state index in [9.17, 15) is 0 Å². The Labute approximate surface area is 86.5 Å². The number of anilines is 2. The highest BCUT2D eigenvalue weighted by atomic mass is 35.5. The van der Waals surface area contributed by atoms with E-state index in [4.69, 9.17) is 11.6 Å². The lowest BCUT2D eigenvalue weighted by molar-refractivity contribution is 0.768. The lowest BCUT2D eigenvalue weighted by atomic mass is 10.4. The van der Waals surface area contributed by atoms with Crippen LogP contribution in [0.5, 0.6) is 0 Å². The number of nitrogens with zero attached hydrogens (tertiary/aromatic N) is 3. The molecule has 0 saturated carbocycles. The molecule has 72 valence electrons. The average molecular weight is 209 g/mol. The van der Waals surface area contributed by atoms with Crippen molar-refractivity contribution in [1.29, 1.82) is 0 Å². The third-order valence-electron chi connectivity index (χ3n) is 1.70. The molecule has 2 aromatic rings. The first-order chi connectivity index (χ1) is 6.74. The van der Waals surface area contributed by atoms with Gasteiger partial charge in [-0.2, -0.15) is 5.10 Å². The van der Waals surface area contributed by atoms with Crippen LogP contribution in [0.15, 0.2) is 30.7 Å². The van der Waals surface area contributed by atoms with Crippen LogP contribution in [-0.2, 0) is 7.05 Å². The molecule has 0 aliphatic heterocycles. The number of hydrogen-bond donors (Lipinski definition) is 1. The van der Waals surface area contributed by atoms with E-state index in [0.29, 0.717) is 5.02 Å². The van der Waals surface area contributed by atoms with E-state index in [1.807, 2.05) is 19.3 Å². The Hall–Kier alpha value is -1.55. The molecule has 4 nitrogen and oxygen atoms in total. The third kappa shape index (κ3) is 2.03. The minimum atomic E-state index is 0.627. The van der Waals surface area contributed by atoms with Gasteiger partial charge in [0, 0.05) is 19.4 Å². The predicted molar refractivity (Wildman–Crippen MR) is 55.7 cm³/mol. The van der Waals surface area contributed by atoms with Crippen molar-refractivity contribution < 1.29 is 0 Å². The predicted octanol–water partition coefficient (Wildman–Crippen LogP) is 2.21. The van der Waals surface area contributed by atoms with Gasteiger partial charge in [0.1, 0.15) is 5.82 Å². The number of halogens is 1. The molecule has 0 spiro atoms.